The van der Waals surface area contributed by atoms with E-state index in [9.17, 15) is 14.9 Å². The summed E-state index contributed by atoms with van der Waals surface area (Å²) in [5.74, 6) is 2.84. The third-order valence-electron chi connectivity index (χ3n) is 8.78. The molecule has 5 aliphatic rings. The Balaban J connectivity index is 1.33. The van der Waals surface area contributed by atoms with Gasteiger partial charge in [-0.1, -0.05) is 6.92 Å². The van der Waals surface area contributed by atoms with Crippen LogP contribution < -0.4 is 10.2 Å². The Morgan fingerprint density at radius 1 is 1.19 bits per heavy atom. The van der Waals surface area contributed by atoms with E-state index in [4.69, 9.17) is 0 Å². The lowest BCUT2D eigenvalue weighted by atomic mass is 9.48. The number of hydrogen-bond donors (Lipinski definition) is 1. The van der Waals surface area contributed by atoms with Crippen molar-refractivity contribution in [2.24, 2.45) is 29.1 Å². The summed E-state index contributed by atoms with van der Waals surface area (Å²) in [7, 11) is 0. The molecule has 6 nitrogen and oxygen atoms in total. The van der Waals surface area contributed by atoms with E-state index in [1.165, 1.54) is 44.6 Å². The fourth-order valence-electron chi connectivity index (χ4n) is 7.63. The van der Waals surface area contributed by atoms with Crippen LogP contribution in [-0.4, -0.2) is 30.0 Å². The first-order valence-electron chi connectivity index (χ1n) is 12.2. The number of anilines is 1. The van der Waals surface area contributed by atoms with Gasteiger partial charge in [-0.25, -0.2) is 0 Å². The van der Waals surface area contributed by atoms with Crippen LogP contribution in [0, 0.1) is 39.2 Å². The third-order valence-corrected chi connectivity index (χ3v) is 8.78. The van der Waals surface area contributed by atoms with Crippen molar-refractivity contribution >= 4 is 17.3 Å². The van der Waals surface area contributed by atoms with E-state index in [-0.39, 0.29) is 28.0 Å². The molecule has 0 radical (unpaired) electrons. The van der Waals surface area contributed by atoms with E-state index < -0.39 is 0 Å². The number of carbonyl (C=O) groups excluding carboxylic acids is 1. The third kappa shape index (κ3) is 3.83. The zero-order chi connectivity index (χ0) is 21.8. The molecular weight excluding hydrogens is 390 g/mol. The Kier molecular flexibility index (Phi) is 5.22. The number of piperidine rings is 1. The van der Waals surface area contributed by atoms with Gasteiger partial charge in [0.25, 0.3) is 11.6 Å². The van der Waals surface area contributed by atoms with E-state index in [2.05, 4.69) is 24.1 Å². The number of benzene rings is 1. The van der Waals surface area contributed by atoms with Crippen LogP contribution in [0.25, 0.3) is 0 Å². The lowest BCUT2D eigenvalue weighted by molar-refractivity contribution is -0.384. The molecule has 1 heterocycles. The van der Waals surface area contributed by atoms with Crippen LogP contribution in [0.3, 0.4) is 0 Å². The maximum Gasteiger partial charge on any atom is 0.293 e. The number of rotatable bonds is 5. The van der Waals surface area contributed by atoms with Gasteiger partial charge in [0.05, 0.1) is 4.92 Å². The topological polar surface area (TPSA) is 75.5 Å². The van der Waals surface area contributed by atoms with Gasteiger partial charge < -0.3 is 10.2 Å². The largest absolute Gasteiger partial charge is 0.366 e. The molecule has 6 rings (SSSR count). The second kappa shape index (κ2) is 7.79. The van der Waals surface area contributed by atoms with Gasteiger partial charge in [0, 0.05) is 30.8 Å². The van der Waals surface area contributed by atoms with Gasteiger partial charge in [0.2, 0.25) is 0 Å². The molecule has 2 atom stereocenters. The second-order valence-corrected chi connectivity index (χ2v) is 11.1. The average Bonchev–Trinajstić information content (AvgIpc) is 2.72. The molecule has 1 saturated heterocycles. The van der Waals surface area contributed by atoms with Crippen LogP contribution in [-0.2, 0) is 0 Å². The summed E-state index contributed by atoms with van der Waals surface area (Å²) < 4.78 is 0. The predicted molar refractivity (Wildman–Crippen MR) is 121 cm³/mol. The molecule has 1 amide bonds. The number of hydrogen-bond acceptors (Lipinski definition) is 4. The van der Waals surface area contributed by atoms with Gasteiger partial charge in [-0.15, -0.1) is 0 Å². The smallest absolute Gasteiger partial charge is 0.293 e. The molecule has 0 aromatic heterocycles. The molecule has 1 aromatic rings. The molecule has 168 valence electrons. The lowest BCUT2D eigenvalue weighted by Gasteiger charge is -2.59. The number of amides is 1. The van der Waals surface area contributed by atoms with Crippen molar-refractivity contribution in [2.75, 3.05) is 18.0 Å². The van der Waals surface area contributed by atoms with E-state index in [0.717, 1.165) is 43.7 Å². The van der Waals surface area contributed by atoms with Crippen molar-refractivity contribution < 1.29 is 9.72 Å². The summed E-state index contributed by atoms with van der Waals surface area (Å²) in [6.45, 7) is 6.00. The maximum absolute atomic E-state index is 13.1. The van der Waals surface area contributed by atoms with Gasteiger partial charge in [-0.3, -0.25) is 14.9 Å². The molecule has 6 heteroatoms. The summed E-state index contributed by atoms with van der Waals surface area (Å²) in [5, 5.41) is 15.1. The molecule has 1 aliphatic heterocycles. The van der Waals surface area contributed by atoms with E-state index >= 15 is 0 Å². The summed E-state index contributed by atoms with van der Waals surface area (Å²) in [6, 6.07) is 5.13. The van der Waals surface area contributed by atoms with Crippen molar-refractivity contribution in [3.8, 4) is 0 Å². The number of nitro benzene ring substituents is 1. The highest BCUT2D eigenvalue weighted by atomic mass is 16.6. The summed E-state index contributed by atoms with van der Waals surface area (Å²) in [5.41, 5.74) is 1.31. The fraction of sp³-hybridized carbons (Fsp3) is 0.720. The maximum atomic E-state index is 13.1. The van der Waals surface area contributed by atoms with Crippen molar-refractivity contribution in [3.05, 3.63) is 33.9 Å². The van der Waals surface area contributed by atoms with Gasteiger partial charge in [-0.2, -0.15) is 0 Å². The minimum atomic E-state index is -0.339. The molecular formula is C25H35N3O3. The molecule has 1 aromatic carbocycles. The van der Waals surface area contributed by atoms with Crippen molar-refractivity contribution in [1.82, 2.24) is 5.32 Å². The highest BCUT2D eigenvalue weighted by Crippen LogP contribution is 2.61. The minimum Gasteiger partial charge on any atom is -0.366 e. The minimum absolute atomic E-state index is 0.0456. The molecule has 4 bridgehead atoms. The lowest BCUT2D eigenvalue weighted by Crippen LogP contribution is -2.55. The van der Waals surface area contributed by atoms with Gasteiger partial charge >= 0.3 is 0 Å². The first kappa shape index (κ1) is 20.8. The van der Waals surface area contributed by atoms with Crippen LogP contribution >= 0.6 is 0 Å². The SMILES string of the molecule is C[C@H]1CCCN(c2ccc(C(=O)N[C@@H](C)C34CC5CC(CC(C5)C3)C4)cc2[N+](=O)[O-])C1. The van der Waals surface area contributed by atoms with Gasteiger partial charge in [-0.05, 0) is 99.5 Å². The molecule has 4 aliphatic carbocycles. The Morgan fingerprint density at radius 2 is 1.84 bits per heavy atom. The Morgan fingerprint density at radius 3 is 2.42 bits per heavy atom. The summed E-state index contributed by atoms with van der Waals surface area (Å²) in [4.78, 5) is 26.7. The monoisotopic (exact) mass is 425 g/mol. The molecule has 0 unspecified atom stereocenters. The van der Waals surface area contributed by atoms with Crippen molar-refractivity contribution in [2.45, 2.75) is 71.3 Å². The predicted octanol–water partition coefficient (Wildman–Crippen LogP) is 5.17. The molecule has 1 N–H and O–H groups in total. The molecule has 31 heavy (non-hydrogen) atoms. The number of nitrogens with one attached hydrogen (secondary N) is 1. The average molecular weight is 426 g/mol. The van der Waals surface area contributed by atoms with E-state index in [1.807, 2.05) is 0 Å². The summed E-state index contributed by atoms with van der Waals surface area (Å²) in [6.07, 6.45) is 10.0. The van der Waals surface area contributed by atoms with Crippen molar-refractivity contribution in [1.29, 1.82) is 0 Å². The highest BCUT2D eigenvalue weighted by molar-refractivity contribution is 5.96. The first-order valence-corrected chi connectivity index (χ1v) is 12.2. The fourth-order valence-corrected chi connectivity index (χ4v) is 7.63. The van der Waals surface area contributed by atoms with Crippen LogP contribution in [0.2, 0.25) is 0 Å². The Bertz CT molecular complexity index is 847. The quantitative estimate of drug-likeness (QED) is 0.522. The highest BCUT2D eigenvalue weighted by Gasteiger charge is 2.53. The standard InChI is InChI=1S/C25H35N3O3/c1-16-4-3-7-27(15-16)22-6-5-21(11-23(22)28(30)31)24(29)26-17(2)25-12-18-8-19(13-25)10-20(9-18)14-25/h5-6,11,16-20H,3-4,7-10,12-15H2,1-2H3,(H,26,29)/t16-,17-,18?,19?,20?,25?/m0/s1. The Hall–Kier alpha value is -2.11. The summed E-state index contributed by atoms with van der Waals surface area (Å²) >= 11 is 0. The normalized spacial score (nSPS) is 35.1. The van der Waals surface area contributed by atoms with Crippen LogP contribution in [0.15, 0.2) is 18.2 Å². The number of carbonyl (C=O) groups is 1. The van der Waals surface area contributed by atoms with E-state index in [0.29, 0.717) is 17.2 Å². The van der Waals surface area contributed by atoms with Crippen LogP contribution in [0.5, 0.6) is 0 Å². The zero-order valence-corrected chi connectivity index (χ0v) is 18.8. The molecule has 0 spiro atoms. The molecule has 5 fully saturated rings. The first-order chi connectivity index (χ1) is 14.8. The van der Waals surface area contributed by atoms with Gasteiger partial charge in [0.15, 0.2) is 0 Å². The number of nitro groups is 1. The second-order valence-electron chi connectivity index (χ2n) is 11.1. The number of nitrogens with zero attached hydrogens (tertiary/aromatic N) is 2. The van der Waals surface area contributed by atoms with E-state index in [1.54, 1.807) is 12.1 Å². The van der Waals surface area contributed by atoms with Crippen molar-refractivity contribution in [3.63, 3.8) is 0 Å². The van der Waals surface area contributed by atoms with Crippen LogP contribution in [0.4, 0.5) is 11.4 Å². The van der Waals surface area contributed by atoms with Gasteiger partial charge in [0.1, 0.15) is 5.69 Å². The zero-order valence-electron chi connectivity index (χ0n) is 18.8. The van der Waals surface area contributed by atoms with Crippen LogP contribution in [0.1, 0.15) is 75.6 Å². The molecule has 4 saturated carbocycles. The Labute approximate surface area is 184 Å².